The van der Waals surface area contributed by atoms with Crippen LogP contribution in [0.1, 0.15) is 7.43 Å². The Balaban J connectivity index is 0. The van der Waals surface area contributed by atoms with Crippen LogP contribution in [-0.4, -0.2) is 71.8 Å². The van der Waals surface area contributed by atoms with Crippen molar-refractivity contribution in [2.45, 2.75) is 7.43 Å². The van der Waals surface area contributed by atoms with Gasteiger partial charge in [-0.2, -0.15) is 13.5 Å². The molecule has 0 aromatic heterocycles. The van der Waals surface area contributed by atoms with Gasteiger partial charge in [0.05, 0.1) is 0 Å². The molecule has 0 saturated heterocycles. The second kappa shape index (κ2) is 30.7. The largest absolute Gasteiger partial charge is 0.197 e. The van der Waals surface area contributed by atoms with Crippen molar-refractivity contribution in [1.82, 2.24) is 0 Å². The Morgan fingerprint density at radius 2 is 1.00 bits per heavy atom. The second-order valence-electron chi connectivity index (χ2n) is 0. The van der Waals surface area contributed by atoms with Crippen molar-refractivity contribution in [2.24, 2.45) is 0 Å². The van der Waals surface area contributed by atoms with E-state index in [2.05, 4.69) is 0 Å². The van der Waals surface area contributed by atoms with Gasteiger partial charge in [-0.25, -0.2) is 0 Å². The van der Waals surface area contributed by atoms with Crippen LogP contribution in [0.25, 0.3) is 0 Å². The topological polar surface area (TPSA) is 0 Å². The average Bonchev–Trinajstić information content (AvgIpc) is 0. The molecule has 0 atom stereocenters. The van der Waals surface area contributed by atoms with Gasteiger partial charge in [0.25, 0.3) is 0 Å². The van der Waals surface area contributed by atoms with Gasteiger partial charge in [0.15, 0.2) is 0 Å². The Morgan fingerprint density at radius 3 is 1.00 bits per heavy atom. The summed E-state index contributed by atoms with van der Waals surface area (Å²) in [6.07, 6.45) is 0. The molecule has 0 saturated carbocycles. The van der Waals surface area contributed by atoms with E-state index in [-0.39, 0.29) is 92.7 Å². The van der Waals surface area contributed by atoms with Gasteiger partial charge in [-0.15, -0.1) is 0 Å². The molecular formula is CH6CaMgSSi. The van der Waals surface area contributed by atoms with Crippen LogP contribution >= 0.6 is 13.5 Å². The summed E-state index contributed by atoms with van der Waals surface area (Å²) in [7, 11) is 0. The van der Waals surface area contributed by atoms with E-state index in [1.54, 1.807) is 0 Å². The molecule has 0 heterocycles. The van der Waals surface area contributed by atoms with Gasteiger partial charge in [0.1, 0.15) is 0 Å². The summed E-state index contributed by atoms with van der Waals surface area (Å²) in [5.41, 5.74) is 0. The summed E-state index contributed by atoms with van der Waals surface area (Å²) in [6, 6.07) is 0. The first-order valence-electron chi connectivity index (χ1n) is 0. The Morgan fingerprint density at radius 1 is 1.00 bits per heavy atom. The van der Waals surface area contributed by atoms with Gasteiger partial charge in [0.2, 0.25) is 0 Å². The molecule has 0 amide bonds. The third-order valence-electron chi connectivity index (χ3n) is 0. The summed E-state index contributed by atoms with van der Waals surface area (Å²) < 4.78 is 0. The van der Waals surface area contributed by atoms with E-state index < -0.39 is 0 Å². The van der Waals surface area contributed by atoms with E-state index in [0.29, 0.717) is 0 Å². The molecular weight excluding hydrogens is 137 g/mol. The van der Waals surface area contributed by atoms with Gasteiger partial charge in [-0.05, 0) is 0 Å². The monoisotopic (exact) mass is 142 g/mol. The molecule has 5 heavy (non-hydrogen) atoms. The van der Waals surface area contributed by atoms with E-state index >= 15 is 0 Å². The van der Waals surface area contributed by atoms with E-state index in [1.807, 2.05) is 0 Å². The van der Waals surface area contributed by atoms with Gasteiger partial charge < -0.3 is 0 Å². The molecule has 0 N–H and O–H groups in total. The number of hydrogen-bond acceptors (Lipinski definition) is 0. The van der Waals surface area contributed by atoms with Crippen LogP contribution in [0.3, 0.4) is 0 Å². The summed E-state index contributed by atoms with van der Waals surface area (Å²) in [5.74, 6) is 0. The van der Waals surface area contributed by atoms with Crippen LogP contribution in [0.15, 0.2) is 0 Å². The predicted molar refractivity (Wildman–Crippen MR) is 34.4 cm³/mol. The molecule has 0 nitrogen and oxygen atoms in total. The van der Waals surface area contributed by atoms with E-state index in [1.165, 1.54) is 0 Å². The Bertz CT molecular complexity index is 11.6. The molecule has 0 aliphatic carbocycles. The zero-order chi connectivity index (χ0) is 0. The third-order valence-corrected chi connectivity index (χ3v) is 0. The standard InChI is InChI=1S/CH4.Ca.Mg.H2S.Si/h1H4;;;1H2;. The summed E-state index contributed by atoms with van der Waals surface area (Å²) in [5, 5.41) is 0. The summed E-state index contributed by atoms with van der Waals surface area (Å²) in [4.78, 5) is 0. The maximum Gasteiger partial charge on any atom is 0 e. The molecule has 0 rings (SSSR count). The fraction of sp³-hybridized carbons (Fsp3) is 1.00. The van der Waals surface area contributed by atoms with Crippen molar-refractivity contribution in [3.8, 4) is 0 Å². The minimum absolute atomic E-state index is 0. The minimum Gasteiger partial charge on any atom is -0.197 e. The van der Waals surface area contributed by atoms with E-state index in [0.717, 1.165) is 0 Å². The van der Waals surface area contributed by atoms with Gasteiger partial charge in [0, 0.05) is 71.8 Å². The van der Waals surface area contributed by atoms with E-state index in [9.17, 15) is 0 Å². The molecule has 0 aliphatic heterocycles. The van der Waals surface area contributed by atoms with Crippen LogP contribution in [0.4, 0.5) is 0 Å². The van der Waals surface area contributed by atoms with Crippen molar-refractivity contribution in [3.63, 3.8) is 0 Å². The molecule has 0 spiro atoms. The maximum atomic E-state index is 0. The van der Waals surface area contributed by atoms with Crippen molar-refractivity contribution >= 4 is 85.3 Å². The van der Waals surface area contributed by atoms with Crippen LogP contribution in [0, 0.1) is 0 Å². The fourth-order valence-electron chi connectivity index (χ4n) is 0. The molecule has 8 radical (unpaired) electrons. The Labute approximate surface area is 91.1 Å². The fourth-order valence-corrected chi connectivity index (χ4v) is 0. The zero-order valence-corrected chi connectivity index (χ0v) is 8.04. The quantitative estimate of drug-likeness (QED) is 0.404. The Hall–Kier alpha value is 2.59. The molecule has 0 unspecified atom stereocenters. The molecule has 4 heteroatoms. The molecule has 0 bridgehead atoms. The Kier molecular flexibility index (Phi) is 301. The molecule has 0 aliphatic rings. The first-order valence-corrected chi connectivity index (χ1v) is 0. The van der Waals surface area contributed by atoms with Crippen molar-refractivity contribution in [2.75, 3.05) is 0 Å². The summed E-state index contributed by atoms with van der Waals surface area (Å²) >= 11 is 0. The normalized spacial score (nSPS) is 0. The molecule has 0 fully saturated rings. The molecule has 24 valence electrons. The maximum absolute atomic E-state index is 0. The van der Waals surface area contributed by atoms with Gasteiger partial charge in [-0.3, -0.25) is 0 Å². The molecule has 0 aromatic rings. The van der Waals surface area contributed by atoms with Crippen LogP contribution < -0.4 is 0 Å². The number of hydrogen-bond donors (Lipinski definition) is 0. The van der Waals surface area contributed by atoms with Crippen molar-refractivity contribution < 1.29 is 0 Å². The summed E-state index contributed by atoms with van der Waals surface area (Å²) in [6.45, 7) is 0. The first-order chi connectivity index (χ1) is 0. The minimum atomic E-state index is 0. The average molecular weight is 143 g/mol. The number of rotatable bonds is 0. The van der Waals surface area contributed by atoms with Crippen LogP contribution in [0.5, 0.6) is 0 Å². The van der Waals surface area contributed by atoms with E-state index in [4.69, 9.17) is 0 Å². The zero-order valence-electron chi connectivity index (χ0n) is 2.41. The van der Waals surface area contributed by atoms with Gasteiger partial charge in [-0.1, -0.05) is 7.43 Å². The van der Waals surface area contributed by atoms with Crippen molar-refractivity contribution in [1.29, 1.82) is 0 Å². The second-order valence-corrected chi connectivity index (χ2v) is 0. The van der Waals surface area contributed by atoms with Crippen LogP contribution in [-0.2, 0) is 0 Å². The smallest absolute Gasteiger partial charge is 0 e. The van der Waals surface area contributed by atoms with Crippen LogP contribution in [0.2, 0.25) is 0 Å². The molecule has 0 aromatic carbocycles. The third kappa shape index (κ3) is 20.7. The van der Waals surface area contributed by atoms with Gasteiger partial charge >= 0.3 is 0 Å². The first kappa shape index (κ1) is 49.1. The SMILES string of the molecule is C.S.[Ca].[Mg].[Si]. The van der Waals surface area contributed by atoms with Crippen molar-refractivity contribution in [3.05, 3.63) is 0 Å². The predicted octanol–water partition coefficient (Wildman–Crippen LogP) is -0.394.